The molecule has 3 N–H and O–H groups in total. The third-order valence-corrected chi connectivity index (χ3v) is 5.57. The number of fused-ring (bicyclic) bond motifs is 3. The normalized spacial score (nSPS) is 14.0. The Bertz CT molecular complexity index is 1130. The maximum absolute atomic E-state index is 6.64. The second kappa shape index (κ2) is 6.57. The lowest BCUT2D eigenvalue weighted by atomic mass is 9.94. The lowest BCUT2D eigenvalue weighted by Crippen LogP contribution is -2.12. The molecule has 0 aromatic heterocycles. The van der Waals surface area contributed by atoms with E-state index in [-0.39, 0.29) is 6.04 Å². The summed E-state index contributed by atoms with van der Waals surface area (Å²) in [5, 5.41) is 6.07. The first-order chi connectivity index (χ1) is 13.3. The first kappa shape index (κ1) is 16.1. The summed E-state index contributed by atoms with van der Waals surface area (Å²) in [5.41, 5.74) is 14.1. The van der Waals surface area contributed by atoms with Crippen molar-refractivity contribution < 1.29 is 0 Å². The van der Waals surface area contributed by atoms with Crippen molar-refractivity contribution in [1.29, 1.82) is 0 Å². The van der Waals surface area contributed by atoms with Crippen molar-refractivity contribution in [2.75, 3.05) is 5.32 Å². The van der Waals surface area contributed by atoms with Crippen LogP contribution < -0.4 is 11.1 Å². The van der Waals surface area contributed by atoms with E-state index >= 15 is 0 Å². The number of aryl methyl sites for hydroxylation is 2. The molecule has 1 atom stereocenters. The number of benzene rings is 4. The summed E-state index contributed by atoms with van der Waals surface area (Å²) in [4.78, 5) is 0. The van der Waals surface area contributed by atoms with E-state index in [2.05, 4.69) is 90.2 Å². The maximum Gasteiger partial charge on any atom is 0.0551 e. The molecule has 0 aliphatic carbocycles. The highest BCUT2D eigenvalue weighted by molar-refractivity contribution is 5.83. The molecule has 2 heteroatoms. The minimum Gasteiger partial charge on any atom is -0.355 e. The van der Waals surface area contributed by atoms with Crippen molar-refractivity contribution in [2.24, 2.45) is 5.73 Å². The first-order valence-electron chi connectivity index (χ1n) is 9.50. The van der Waals surface area contributed by atoms with Crippen LogP contribution in [0.5, 0.6) is 0 Å². The molecule has 5 rings (SSSR count). The predicted octanol–water partition coefficient (Wildman–Crippen LogP) is 5.73. The van der Waals surface area contributed by atoms with Crippen LogP contribution >= 0.6 is 0 Å². The van der Waals surface area contributed by atoms with Crippen LogP contribution in [0.25, 0.3) is 10.8 Å². The van der Waals surface area contributed by atoms with E-state index in [4.69, 9.17) is 5.73 Å². The lowest BCUT2D eigenvalue weighted by Gasteiger charge is -2.17. The molecular weight excluding hydrogens is 328 g/mol. The molecule has 132 valence electrons. The molecule has 1 aliphatic heterocycles. The molecule has 0 saturated carbocycles. The molecule has 4 aromatic rings. The van der Waals surface area contributed by atoms with Gasteiger partial charge in [-0.05, 0) is 64.1 Å². The summed E-state index contributed by atoms with van der Waals surface area (Å²) in [5.74, 6) is 0. The fourth-order valence-corrected chi connectivity index (χ4v) is 4.00. The molecule has 0 spiro atoms. The summed E-state index contributed by atoms with van der Waals surface area (Å²) < 4.78 is 0. The predicted molar refractivity (Wildman–Crippen MR) is 114 cm³/mol. The number of nitrogens with one attached hydrogen (secondary N) is 1. The van der Waals surface area contributed by atoms with E-state index < -0.39 is 0 Å². The highest BCUT2D eigenvalue weighted by Crippen LogP contribution is 2.32. The van der Waals surface area contributed by atoms with Gasteiger partial charge < -0.3 is 11.1 Å². The van der Waals surface area contributed by atoms with Gasteiger partial charge in [0.15, 0.2) is 0 Å². The summed E-state index contributed by atoms with van der Waals surface area (Å²) in [7, 11) is 0. The summed E-state index contributed by atoms with van der Waals surface area (Å²) in [6, 6.07) is 30.0. The number of hydrogen-bond donors (Lipinski definition) is 2. The van der Waals surface area contributed by atoms with Crippen molar-refractivity contribution in [3.8, 4) is 0 Å². The monoisotopic (exact) mass is 350 g/mol. The van der Waals surface area contributed by atoms with Crippen molar-refractivity contribution >= 4 is 22.1 Å². The maximum atomic E-state index is 6.64. The van der Waals surface area contributed by atoms with Gasteiger partial charge in [-0.2, -0.15) is 0 Å². The number of para-hydroxylation sites is 1. The Morgan fingerprint density at radius 2 is 1.30 bits per heavy atom. The molecular formula is C25H22N2. The van der Waals surface area contributed by atoms with Gasteiger partial charge in [0, 0.05) is 11.4 Å². The third-order valence-electron chi connectivity index (χ3n) is 5.57. The standard InChI is InChI=1S/C25H22N2/c26-25(21-12-9-17-5-1-2-7-19(17)15-21)22-13-14-24-20(16-22)11-10-18-6-3-4-8-23(18)27-24/h1-9,12-16,25,27H,10-11,26H2. The van der Waals surface area contributed by atoms with Gasteiger partial charge in [-0.25, -0.2) is 0 Å². The zero-order chi connectivity index (χ0) is 18.2. The lowest BCUT2D eigenvalue weighted by molar-refractivity contribution is 0.866. The molecule has 2 nitrogen and oxygen atoms in total. The molecule has 1 aliphatic rings. The van der Waals surface area contributed by atoms with Gasteiger partial charge >= 0.3 is 0 Å². The fourth-order valence-electron chi connectivity index (χ4n) is 4.00. The Labute approximate surface area is 159 Å². The molecule has 0 radical (unpaired) electrons. The Balaban J connectivity index is 1.49. The van der Waals surface area contributed by atoms with Gasteiger partial charge in [0.1, 0.15) is 0 Å². The largest absolute Gasteiger partial charge is 0.355 e. The Kier molecular flexibility index (Phi) is 3.92. The Morgan fingerprint density at radius 3 is 2.22 bits per heavy atom. The highest BCUT2D eigenvalue weighted by atomic mass is 14.9. The van der Waals surface area contributed by atoms with Gasteiger partial charge in [0.05, 0.1) is 6.04 Å². The fraction of sp³-hybridized carbons (Fsp3) is 0.120. The zero-order valence-corrected chi connectivity index (χ0v) is 15.2. The van der Waals surface area contributed by atoms with E-state index in [9.17, 15) is 0 Å². The zero-order valence-electron chi connectivity index (χ0n) is 15.2. The van der Waals surface area contributed by atoms with Crippen LogP contribution in [-0.4, -0.2) is 0 Å². The van der Waals surface area contributed by atoms with E-state index in [0.29, 0.717) is 0 Å². The van der Waals surface area contributed by atoms with E-state index in [1.807, 2.05) is 0 Å². The van der Waals surface area contributed by atoms with Crippen molar-refractivity contribution in [3.63, 3.8) is 0 Å². The van der Waals surface area contributed by atoms with Crippen LogP contribution in [0, 0.1) is 0 Å². The minimum atomic E-state index is -0.120. The number of nitrogens with two attached hydrogens (primary N) is 1. The molecule has 0 fully saturated rings. The molecule has 1 heterocycles. The second-order valence-corrected chi connectivity index (χ2v) is 7.28. The third kappa shape index (κ3) is 2.98. The molecule has 1 unspecified atom stereocenters. The van der Waals surface area contributed by atoms with Gasteiger partial charge in [0.2, 0.25) is 0 Å². The van der Waals surface area contributed by atoms with Crippen LogP contribution in [0.3, 0.4) is 0 Å². The smallest absolute Gasteiger partial charge is 0.0551 e. The summed E-state index contributed by atoms with van der Waals surface area (Å²) in [6.07, 6.45) is 2.07. The van der Waals surface area contributed by atoms with E-state index in [0.717, 1.165) is 24.0 Å². The molecule has 27 heavy (non-hydrogen) atoms. The summed E-state index contributed by atoms with van der Waals surface area (Å²) in [6.45, 7) is 0. The van der Waals surface area contributed by atoms with Crippen LogP contribution in [0.2, 0.25) is 0 Å². The number of rotatable bonds is 2. The molecule has 0 bridgehead atoms. The molecule has 0 saturated heterocycles. The molecule has 4 aromatic carbocycles. The topological polar surface area (TPSA) is 38.0 Å². The van der Waals surface area contributed by atoms with Gasteiger partial charge in [-0.3, -0.25) is 0 Å². The molecule has 0 amide bonds. The average molecular weight is 350 g/mol. The van der Waals surface area contributed by atoms with Crippen molar-refractivity contribution in [1.82, 2.24) is 0 Å². The van der Waals surface area contributed by atoms with Gasteiger partial charge in [0.25, 0.3) is 0 Å². The SMILES string of the molecule is NC(c1ccc2c(c1)CCc1ccccc1N2)c1ccc2ccccc2c1. The van der Waals surface area contributed by atoms with Crippen LogP contribution in [0.4, 0.5) is 11.4 Å². The van der Waals surface area contributed by atoms with Crippen LogP contribution in [-0.2, 0) is 12.8 Å². The van der Waals surface area contributed by atoms with E-state index in [1.54, 1.807) is 0 Å². The quantitative estimate of drug-likeness (QED) is 0.484. The summed E-state index contributed by atoms with van der Waals surface area (Å²) >= 11 is 0. The van der Waals surface area contributed by atoms with Gasteiger partial charge in [-0.15, -0.1) is 0 Å². The Hall–Kier alpha value is -3.10. The van der Waals surface area contributed by atoms with Crippen molar-refractivity contribution in [3.05, 3.63) is 107 Å². The van der Waals surface area contributed by atoms with Crippen LogP contribution in [0.1, 0.15) is 28.3 Å². The first-order valence-corrected chi connectivity index (χ1v) is 9.50. The number of anilines is 2. The Morgan fingerprint density at radius 1 is 0.630 bits per heavy atom. The second-order valence-electron chi connectivity index (χ2n) is 7.28. The van der Waals surface area contributed by atoms with E-state index in [1.165, 1.54) is 33.3 Å². The highest BCUT2D eigenvalue weighted by Gasteiger charge is 2.16. The van der Waals surface area contributed by atoms with Crippen molar-refractivity contribution in [2.45, 2.75) is 18.9 Å². The minimum absolute atomic E-state index is 0.120. The average Bonchev–Trinajstić information content (AvgIpc) is 2.91. The van der Waals surface area contributed by atoms with Gasteiger partial charge in [-0.1, -0.05) is 66.7 Å². The van der Waals surface area contributed by atoms with Crippen LogP contribution in [0.15, 0.2) is 84.9 Å². The number of hydrogen-bond acceptors (Lipinski definition) is 2.